The Morgan fingerprint density at radius 1 is 1.35 bits per heavy atom. The number of rotatable bonds is 5. The molecule has 0 atom stereocenters. The average Bonchev–Trinajstić information content (AvgIpc) is 3.33. The molecule has 0 bridgehead atoms. The Balaban J connectivity index is 1.73. The third kappa shape index (κ3) is 2.88. The molecule has 1 aromatic heterocycles. The molecule has 3 amide bonds. The first kappa shape index (κ1) is 17.1. The molecule has 1 aromatic carbocycles. The number of hydrogen-bond acceptors (Lipinski definition) is 5. The summed E-state index contributed by atoms with van der Waals surface area (Å²) in [4.78, 5) is 40.1. The molecule has 0 unspecified atom stereocenters. The van der Waals surface area contributed by atoms with Crippen LogP contribution in [0.5, 0.6) is 0 Å². The lowest BCUT2D eigenvalue weighted by atomic mass is 10.1. The van der Waals surface area contributed by atoms with E-state index in [1.54, 1.807) is 30.0 Å². The van der Waals surface area contributed by atoms with Gasteiger partial charge in [-0.15, -0.1) is 0 Å². The van der Waals surface area contributed by atoms with Crippen molar-refractivity contribution < 1.29 is 23.5 Å². The van der Waals surface area contributed by atoms with Crippen molar-refractivity contribution in [2.75, 3.05) is 13.2 Å². The molecule has 1 saturated carbocycles. The largest absolute Gasteiger partial charge is 0.460 e. The number of amides is 3. The minimum Gasteiger partial charge on any atom is -0.460 e. The summed E-state index contributed by atoms with van der Waals surface area (Å²) in [6.45, 7) is 1.99. The summed E-state index contributed by atoms with van der Waals surface area (Å²) in [6, 6.07) is 5.19. The van der Waals surface area contributed by atoms with Crippen LogP contribution in [0.15, 0.2) is 27.1 Å². The van der Waals surface area contributed by atoms with Gasteiger partial charge in [0, 0.05) is 21.5 Å². The lowest BCUT2D eigenvalue weighted by Gasteiger charge is -2.16. The van der Waals surface area contributed by atoms with Crippen molar-refractivity contribution >= 4 is 44.8 Å². The molecule has 0 N–H and O–H groups in total. The second kappa shape index (κ2) is 6.42. The van der Waals surface area contributed by atoms with Crippen LogP contribution in [0.25, 0.3) is 11.0 Å². The summed E-state index contributed by atoms with van der Waals surface area (Å²) in [5.74, 6) is -0.834. The number of ether oxygens (including phenoxy) is 1. The number of nitrogens with zero attached hydrogens (tertiary/aromatic N) is 2. The molecule has 2 aromatic rings. The average molecular weight is 421 g/mol. The van der Waals surface area contributed by atoms with E-state index in [4.69, 9.17) is 9.15 Å². The molecule has 0 spiro atoms. The molecule has 2 heterocycles. The van der Waals surface area contributed by atoms with E-state index in [1.165, 1.54) is 4.90 Å². The monoisotopic (exact) mass is 420 g/mol. The molecule has 7 nitrogen and oxygen atoms in total. The number of furan rings is 1. The van der Waals surface area contributed by atoms with E-state index in [1.807, 2.05) is 0 Å². The van der Waals surface area contributed by atoms with E-state index in [9.17, 15) is 14.4 Å². The Hall–Kier alpha value is -2.35. The zero-order valence-electron chi connectivity index (χ0n) is 14.2. The van der Waals surface area contributed by atoms with Crippen molar-refractivity contribution in [3.8, 4) is 0 Å². The normalized spacial score (nSPS) is 17.5. The molecule has 1 aliphatic heterocycles. The topological polar surface area (TPSA) is 80.1 Å². The van der Waals surface area contributed by atoms with E-state index in [0.29, 0.717) is 16.5 Å². The van der Waals surface area contributed by atoms with Crippen molar-refractivity contribution in [2.45, 2.75) is 32.4 Å². The molecule has 4 rings (SSSR count). The van der Waals surface area contributed by atoms with Gasteiger partial charge in [0.2, 0.25) is 5.76 Å². The fraction of sp³-hybridized carbons (Fsp3) is 0.389. The van der Waals surface area contributed by atoms with Gasteiger partial charge in [0.05, 0.1) is 13.2 Å². The predicted octanol–water partition coefficient (Wildman–Crippen LogP) is 3.30. The molecule has 26 heavy (non-hydrogen) atoms. The van der Waals surface area contributed by atoms with Crippen molar-refractivity contribution in [1.82, 2.24) is 9.80 Å². The Morgan fingerprint density at radius 2 is 2.12 bits per heavy atom. The lowest BCUT2D eigenvalue weighted by molar-refractivity contribution is -0.125. The van der Waals surface area contributed by atoms with E-state index >= 15 is 0 Å². The van der Waals surface area contributed by atoms with E-state index in [-0.39, 0.29) is 43.4 Å². The zero-order valence-corrected chi connectivity index (χ0v) is 15.7. The smallest absolute Gasteiger partial charge is 0.374 e. The Morgan fingerprint density at radius 3 is 2.81 bits per heavy atom. The van der Waals surface area contributed by atoms with Crippen LogP contribution in [-0.2, 0) is 16.1 Å². The number of carbonyl (C=O) groups is 3. The summed E-state index contributed by atoms with van der Waals surface area (Å²) in [5.41, 5.74) is 0.989. The fourth-order valence-electron chi connectivity index (χ4n) is 3.19. The molecule has 1 aliphatic carbocycles. The number of benzene rings is 1. The van der Waals surface area contributed by atoms with Gasteiger partial charge in [-0.2, -0.15) is 0 Å². The molecule has 8 heteroatoms. The lowest BCUT2D eigenvalue weighted by Crippen LogP contribution is -2.34. The van der Waals surface area contributed by atoms with Gasteiger partial charge in [-0.3, -0.25) is 9.69 Å². The maximum absolute atomic E-state index is 12.6. The summed E-state index contributed by atoms with van der Waals surface area (Å²) in [5, 5.41) is 0.674. The van der Waals surface area contributed by atoms with Gasteiger partial charge in [-0.05, 0) is 38.0 Å². The number of urea groups is 1. The minimum atomic E-state index is -0.604. The highest BCUT2D eigenvalue weighted by Gasteiger charge is 2.44. The maximum atomic E-state index is 12.6. The Kier molecular flexibility index (Phi) is 4.22. The molecule has 136 valence electrons. The van der Waals surface area contributed by atoms with Gasteiger partial charge < -0.3 is 14.1 Å². The molecule has 0 radical (unpaired) electrons. The van der Waals surface area contributed by atoms with Crippen molar-refractivity contribution in [1.29, 1.82) is 0 Å². The number of imide groups is 1. The van der Waals surface area contributed by atoms with Crippen molar-refractivity contribution in [2.24, 2.45) is 0 Å². The molecule has 2 aliphatic rings. The van der Waals surface area contributed by atoms with E-state index < -0.39 is 5.97 Å². The van der Waals surface area contributed by atoms with Gasteiger partial charge >= 0.3 is 12.0 Å². The zero-order chi connectivity index (χ0) is 18.4. The first-order valence-corrected chi connectivity index (χ1v) is 9.28. The van der Waals surface area contributed by atoms with Crippen LogP contribution < -0.4 is 0 Å². The highest BCUT2D eigenvalue weighted by atomic mass is 79.9. The third-order valence-electron chi connectivity index (χ3n) is 4.60. The van der Waals surface area contributed by atoms with Crippen LogP contribution in [0.4, 0.5) is 4.79 Å². The third-order valence-corrected chi connectivity index (χ3v) is 5.09. The minimum absolute atomic E-state index is 0.0154. The van der Waals surface area contributed by atoms with Crippen molar-refractivity contribution in [3.63, 3.8) is 0 Å². The van der Waals surface area contributed by atoms with Crippen LogP contribution in [0.3, 0.4) is 0 Å². The summed E-state index contributed by atoms with van der Waals surface area (Å²) >= 11 is 3.40. The number of halogens is 1. The van der Waals surface area contributed by atoms with Crippen molar-refractivity contribution in [3.05, 3.63) is 34.0 Å². The molecular formula is C18H17BrN2O5. The Bertz CT molecular complexity index is 918. The highest BCUT2D eigenvalue weighted by molar-refractivity contribution is 9.10. The summed E-state index contributed by atoms with van der Waals surface area (Å²) < 4.78 is 11.6. The number of carbonyl (C=O) groups excluding carboxylic acids is 3. The number of hydrogen-bond donors (Lipinski definition) is 0. The summed E-state index contributed by atoms with van der Waals surface area (Å²) in [7, 11) is 0. The predicted molar refractivity (Wildman–Crippen MR) is 95.5 cm³/mol. The Labute approximate surface area is 158 Å². The first-order chi connectivity index (χ1) is 12.5. The summed E-state index contributed by atoms with van der Waals surface area (Å²) in [6.07, 6.45) is 1.87. The van der Waals surface area contributed by atoms with Crippen LogP contribution >= 0.6 is 15.9 Å². The van der Waals surface area contributed by atoms with Gasteiger partial charge in [0.15, 0.2) is 0 Å². The van der Waals surface area contributed by atoms with Gasteiger partial charge in [0.1, 0.15) is 12.1 Å². The maximum Gasteiger partial charge on any atom is 0.374 e. The number of esters is 1. The van der Waals surface area contributed by atoms with Crippen LogP contribution in [0, 0.1) is 0 Å². The van der Waals surface area contributed by atoms with Gasteiger partial charge in [-0.1, -0.05) is 15.9 Å². The molecule has 2 fully saturated rings. The van der Waals surface area contributed by atoms with Gasteiger partial charge in [0.25, 0.3) is 5.91 Å². The molecular weight excluding hydrogens is 404 g/mol. The van der Waals surface area contributed by atoms with Gasteiger partial charge in [-0.25, -0.2) is 9.59 Å². The quantitative estimate of drug-likeness (QED) is 0.547. The standard InChI is InChI=1S/C18H17BrN2O5/c1-2-25-17(23)16-13(12-7-10(19)3-6-14(12)26-16)8-21-15(22)9-20(18(21)24)11-4-5-11/h3,6-7,11H,2,4-5,8-9H2,1H3. The fourth-order valence-corrected chi connectivity index (χ4v) is 3.55. The van der Waals surface area contributed by atoms with Crippen LogP contribution in [0.1, 0.15) is 35.9 Å². The number of fused-ring (bicyclic) bond motifs is 1. The highest BCUT2D eigenvalue weighted by Crippen LogP contribution is 2.34. The van der Waals surface area contributed by atoms with E-state index in [0.717, 1.165) is 17.3 Å². The van der Waals surface area contributed by atoms with Crippen LogP contribution in [-0.4, -0.2) is 46.9 Å². The molecule has 1 saturated heterocycles. The SMILES string of the molecule is CCOC(=O)c1oc2ccc(Br)cc2c1CN1C(=O)CN(C2CC2)C1=O. The van der Waals surface area contributed by atoms with E-state index in [2.05, 4.69) is 15.9 Å². The van der Waals surface area contributed by atoms with Crippen LogP contribution in [0.2, 0.25) is 0 Å². The second-order valence-electron chi connectivity index (χ2n) is 6.39. The first-order valence-electron chi connectivity index (χ1n) is 8.48. The second-order valence-corrected chi connectivity index (χ2v) is 7.31.